The SMILES string of the molecule is COc1cc(C(=O)O)c(NC(C#N)=C(C#N)C#N)cc1C. The van der Waals surface area contributed by atoms with Gasteiger partial charge in [0.15, 0.2) is 5.57 Å². The van der Waals surface area contributed by atoms with Crippen LogP contribution in [-0.4, -0.2) is 18.2 Å². The van der Waals surface area contributed by atoms with Gasteiger partial charge in [0.25, 0.3) is 0 Å². The maximum absolute atomic E-state index is 11.3. The number of nitrogens with one attached hydrogen (secondary N) is 1. The van der Waals surface area contributed by atoms with Crippen molar-refractivity contribution in [3.05, 3.63) is 34.5 Å². The molecule has 2 N–H and O–H groups in total. The first-order chi connectivity index (χ1) is 9.98. The van der Waals surface area contributed by atoms with Crippen LogP contribution in [0.2, 0.25) is 0 Å². The summed E-state index contributed by atoms with van der Waals surface area (Å²) in [6, 6.07) is 7.57. The molecule has 0 atom stereocenters. The van der Waals surface area contributed by atoms with Gasteiger partial charge in [-0.2, -0.15) is 15.8 Å². The van der Waals surface area contributed by atoms with E-state index in [1.165, 1.54) is 19.2 Å². The van der Waals surface area contributed by atoms with Crippen LogP contribution in [0.1, 0.15) is 15.9 Å². The summed E-state index contributed by atoms with van der Waals surface area (Å²) >= 11 is 0. The number of nitriles is 3. The van der Waals surface area contributed by atoms with E-state index in [1.54, 1.807) is 25.1 Å². The number of carboxylic acids is 1. The minimum absolute atomic E-state index is 0.0975. The number of methoxy groups -OCH3 is 1. The molecular weight excluding hydrogens is 272 g/mol. The van der Waals surface area contributed by atoms with Gasteiger partial charge in [0, 0.05) is 0 Å². The van der Waals surface area contributed by atoms with Crippen LogP contribution in [0.3, 0.4) is 0 Å². The van der Waals surface area contributed by atoms with Gasteiger partial charge in [0.1, 0.15) is 29.7 Å². The van der Waals surface area contributed by atoms with E-state index in [-0.39, 0.29) is 16.9 Å². The third kappa shape index (κ3) is 3.28. The van der Waals surface area contributed by atoms with E-state index in [1.807, 2.05) is 0 Å². The number of aryl methyl sites for hydroxylation is 1. The minimum atomic E-state index is -1.23. The van der Waals surface area contributed by atoms with Gasteiger partial charge < -0.3 is 15.2 Å². The third-order valence-corrected chi connectivity index (χ3v) is 2.61. The van der Waals surface area contributed by atoms with Crippen molar-refractivity contribution < 1.29 is 14.6 Å². The summed E-state index contributed by atoms with van der Waals surface area (Å²) in [7, 11) is 1.41. The number of hydrogen-bond donors (Lipinski definition) is 2. The quantitative estimate of drug-likeness (QED) is 0.807. The zero-order chi connectivity index (χ0) is 16.0. The summed E-state index contributed by atoms with van der Waals surface area (Å²) in [4.78, 5) is 11.3. The van der Waals surface area contributed by atoms with Crippen molar-refractivity contribution in [3.8, 4) is 24.0 Å². The van der Waals surface area contributed by atoms with Crippen LogP contribution >= 0.6 is 0 Å². The van der Waals surface area contributed by atoms with Gasteiger partial charge >= 0.3 is 5.97 Å². The molecule has 0 radical (unpaired) electrons. The highest BCUT2D eigenvalue weighted by Crippen LogP contribution is 2.28. The van der Waals surface area contributed by atoms with Crippen molar-refractivity contribution in [3.63, 3.8) is 0 Å². The number of rotatable bonds is 4. The summed E-state index contributed by atoms with van der Waals surface area (Å²) in [6.07, 6.45) is 0. The molecule has 1 aromatic rings. The van der Waals surface area contributed by atoms with Gasteiger partial charge in [-0.3, -0.25) is 0 Å². The van der Waals surface area contributed by atoms with Crippen LogP contribution in [0.25, 0.3) is 0 Å². The van der Waals surface area contributed by atoms with Gasteiger partial charge in [-0.15, -0.1) is 0 Å². The number of carboxylic acid groups (broad SMARTS) is 1. The maximum atomic E-state index is 11.3. The lowest BCUT2D eigenvalue weighted by atomic mass is 10.1. The van der Waals surface area contributed by atoms with Gasteiger partial charge in [-0.05, 0) is 24.6 Å². The first-order valence-electron chi connectivity index (χ1n) is 5.62. The molecule has 7 nitrogen and oxygen atoms in total. The molecule has 21 heavy (non-hydrogen) atoms. The summed E-state index contributed by atoms with van der Waals surface area (Å²) in [5.74, 6) is -0.857. The first kappa shape index (κ1) is 15.6. The fourth-order valence-electron chi connectivity index (χ4n) is 1.61. The second-order valence-corrected chi connectivity index (χ2v) is 3.88. The van der Waals surface area contributed by atoms with Crippen molar-refractivity contribution >= 4 is 11.7 Å². The zero-order valence-corrected chi connectivity index (χ0v) is 11.3. The van der Waals surface area contributed by atoms with Crippen LogP contribution in [0, 0.1) is 40.9 Å². The Morgan fingerprint density at radius 1 is 1.24 bits per heavy atom. The maximum Gasteiger partial charge on any atom is 0.337 e. The third-order valence-electron chi connectivity index (χ3n) is 2.61. The van der Waals surface area contributed by atoms with Crippen molar-refractivity contribution in [1.82, 2.24) is 0 Å². The Kier molecular flexibility index (Phi) is 4.89. The number of benzene rings is 1. The molecule has 0 aliphatic carbocycles. The topological polar surface area (TPSA) is 130 Å². The van der Waals surface area contributed by atoms with Gasteiger partial charge in [-0.25, -0.2) is 4.79 Å². The van der Waals surface area contributed by atoms with E-state index in [0.29, 0.717) is 11.3 Å². The molecule has 1 aromatic carbocycles. The molecule has 1 rings (SSSR count). The smallest absolute Gasteiger partial charge is 0.337 e. The molecule has 7 heteroatoms. The number of nitrogens with zero attached hydrogens (tertiary/aromatic N) is 3. The summed E-state index contributed by atoms with van der Waals surface area (Å²) in [5.41, 5.74) is -0.145. The summed E-state index contributed by atoms with van der Waals surface area (Å²) in [5, 5.41) is 38.2. The van der Waals surface area contributed by atoms with Crippen LogP contribution in [0.5, 0.6) is 5.75 Å². The van der Waals surface area contributed by atoms with Crippen molar-refractivity contribution in [2.24, 2.45) is 0 Å². The number of allylic oxidation sites excluding steroid dienone is 2. The van der Waals surface area contributed by atoms with Gasteiger partial charge in [0.05, 0.1) is 18.4 Å². The lowest BCUT2D eigenvalue weighted by Crippen LogP contribution is -2.08. The monoisotopic (exact) mass is 282 g/mol. The van der Waals surface area contributed by atoms with Crippen molar-refractivity contribution in [2.75, 3.05) is 12.4 Å². The average molecular weight is 282 g/mol. The Hall–Kier alpha value is -3.50. The zero-order valence-electron chi connectivity index (χ0n) is 11.3. The molecule has 0 aromatic heterocycles. The molecule has 0 aliphatic heterocycles. The Bertz CT molecular complexity index is 729. The molecule has 0 unspecified atom stereocenters. The lowest BCUT2D eigenvalue weighted by molar-refractivity contribution is 0.0697. The predicted octanol–water partition coefficient (Wildman–Crippen LogP) is 1.94. The predicted molar refractivity (Wildman–Crippen MR) is 72.2 cm³/mol. The van der Waals surface area contributed by atoms with E-state index in [0.717, 1.165) is 0 Å². The van der Waals surface area contributed by atoms with Crippen LogP contribution in [-0.2, 0) is 0 Å². The number of carbonyl (C=O) groups is 1. The number of anilines is 1. The largest absolute Gasteiger partial charge is 0.496 e. The molecule has 0 spiro atoms. The Balaban J connectivity index is 3.46. The fraction of sp³-hybridized carbons (Fsp3) is 0.143. The molecular formula is C14H10N4O3. The fourth-order valence-corrected chi connectivity index (χ4v) is 1.61. The van der Waals surface area contributed by atoms with E-state index < -0.39 is 11.5 Å². The van der Waals surface area contributed by atoms with Gasteiger partial charge in [-0.1, -0.05) is 0 Å². The van der Waals surface area contributed by atoms with Crippen LogP contribution in [0.15, 0.2) is 23.4 Å². The van der Waals surface area contributed by atoms with Crippen molar-refractivity contribution in [1.29, 1.82) is 15.8 Å². The Morgan fingerprint density at radius 3 is 2.29 bits per heavy atom. The molecule has 0 bridgehead atoms. The first-order valence-corrected chi connectivity index (χ1v) is 5.62. The molecule has 0 aliphatic rings. The summed E-state index contributed by atoms with van der Waals surface area (Å²) in [6.45, 7) is 1.70. The van der Waals surface area contributed by atoms with E-state index >= 15 is 0 Å². The van der Waals surface area contributed by atoms with E-state index in [2.05, 4.69) is 5.32 Å². The molecule has 0 saturated heterocycles. The second-order valence-electron chi connectivity index (χ2n) is 3.88. The van der Waals surface area contributed by atoms with Gasteiger partial charge in [0.2, 0.25) is 0 Å². The second kappa shape index (κ2) is 6.60. The van der Waals surface area contributed by atoms with Crippen molar-refractivity contribution in [2.45, 2.75) is 6.92 Å². The Labute approximate surface area is 120 Å². The summed E-state index contributed by atoms with van der Waals surface area (Å²) < 4.78 is 5.04. The van der Waals surface area contributed by atoms with Crippen LogP contribution in [0.4, 0.5) is 5.69 Å². The standard InChI is InChI=1S/C14H10N4O3/c1-8-3-11(10(14(19)20)4-13(8)21-2)18-12(7-17)9(5-15)6-16/h3-4,18H,1-2H3,(H,19,20). The number of ether oxygens (including phenoxy) is 1. The van der Waals surface area contributed by atoms with E-state index in [9.17, 15) is 9.90 Å². The number of aromatic carboxylic acids is 1. The van der Waals surface area contributed by atoms with E-state index in [4.69, 9.17) is 20.5 Å². The molecule has 0 amide bonds. The highest BCUT2D eigenvalue weighted by atomic mass is 16.5. The van der Waals surface area contributed by atoms with Crippen LogP contribution < -0.4 is 10.1 Å². The molecule has 0 saturated carbocycles. The minimum Gasteiger partial charge on any atom is -0.496 e. The molecule has 104 valence electrons. The highest BCUT2D eigenvalue weighted by Gasteiger charge is 2.16. The lowest BCUT2D eigenvalue weighted by Gasteiger charge is -2.12. The normalized spacial score (nSPS) is 8.71. The number of hydrogen-bond acceptors (Lipinski definition) is 6. The molecule has 0 heterocycles. The Morgan fingerprint density at radius 2 is 1.86 bits per heavy atom. The highest BCUT2D eigenvalue weighted by molar-refractivity contribution is 5.95. The average Bonchev–Trinajstić information content (AvgIpc) is 2.47. The molecule has 0 fully saturated rings.